The number of nitrogens with one attached hydrogen (secondary N) is 2. The molecule has 110 valence electrons. The van der Waals surface area contributed by atoms with Crippen molar-refractivity contribution < 1.29 is 4.79 Å². The van der Waals surface area contributed by atoms with Gasteiger partial charge in [0.1, 0.15) is 9.21 Å². The minimum absolute atomic E-state index is 0.0314. The van der Waals surface area contributed by atoms with Crippen molar-refractivity contribution in [3.8, 4) is 0 Å². The fourth-order valence-corrected chi connectivity index (χ4v) is 3.55. The van der Waals surface area contributed by atoms with E-state index < -0.39 is 0 Å². The van der Waals surface area contributed by atoms with Crippen LogP contribution in [0.1, 0.15) is 32.6 Å². The van der Waals surface area contributed by atoms with E-state index in [2.05, 4.69) is 59.4 Å². The maximum Gasteiger partial charge on any atom is 0.233 e. The van der Waals surface area contributed by atoms with Crippen molar-refractivity contribution in [3.05, 3.63) is 15.4 Å². The van der Waals surface area contributed by atoms with Crippen molar-refractivity contribution in [2.24, 2.45) is 5.41 Å². The number of piperidine rings is 1. The molecule has 1 aromatic heterocycles. The SMILES string of the molecule is CCCC1(C(=O)Nc2ncc(Br)nc2Br)CCCNC1. The molecule has 5 nitrogen and oxygen atoms in total. The predicted octanol–water partition coefficient (Wildman–Crippen LogP) is 3.11. The summed E-state index contributed by atoms with van der Waals surface area (Å²) in [6, 6.07) is 0. The van der Waals surface area contributed by atoms with E-state index in [1.54, 1.807) is 6.20 Å². The smallest absolute Gasteiger partial charge is 0.233 e. The van der Waals surface area contributed by atoms with E-state index in [0.717, 1.165) is 38.8 Å². The van der Waals surface area contributed by atoms with Crippen molar-refractivity contribution in [3.63, 3.8) is 0 Å². The van der Waals surface area contributed by atoms with Gasteiger partial charge in [0.2, 0.25) is 5.91 Å². The van der Waals surface area contributed by atoms with Crippen LogP contribution in [0.4, 0.5) is 5.82 Å². The van der Waals surface area contributed by atoms with Gasteiger partial charge in [0.05, 0.1) is 11.6 Å². The van der Waals surface area contributed by atoms with Crippen LogP contribution in [0.5, 0.6) is 0 Å². The molecule has 0 spiro atoms. The third kappa shape index (κ3) is 3.56. The zero-order chi connectivity index (χ0) is 14.6. The van der Waals surface area contributed by atoms with Crippen molar-refractivity contribution in [1.82, 2.24) is 15.3 Å². The Labute approximate surface area is 135 Å². The van der Waals surface area contributed by atoms with Crippen LogP contribution in [-0.4, -0.2) is 29.0 Å². The lowest BCUT2D eigenvalue weighted by Gasteiger charge is -2.36. The summed E-state index contributed by atoms with van der Waals surface area (Å²) < 4.78 is 1.17. The summed E-state index contributed by atoms with van der Waals surface area (Å²) in [6.45, 7) is 3.83. The highest BCUT2D eigenvalue weighted by Crippen LogP contribution is 2.33. The van der Waals surface area contributed by atoms with Gasteiger partial charge in [-0.2, -0.15) is 0 Å². The number of hydrogen-bond donors (Lipinski definition) is 2. The topological polar surface area (TPSA) is 66.9 Å². The highest BCUT2D eigenvalue weighted by atomic mass is 79.9. The molecule has 1 saturated heterocycles. The average Bonchev–Trinajstić information content (AvgIpc) is 2.43. The van der Waals surface area contributed by atoms with Gasteiger partial charge in [0.25, 0.3) is 0 Å². The molecule has 0 bridgehead atoms. The number of nitrogens with zero attached hydrogens (tertiary/aromatic N) is 2. The molecule has 2 heterocycles. The van der Waals surface area contributed by atoms with Crippen LogP contribution in [0.3, 0.4) is 0 Å². The average molecular weight is 406 g/mol. The number of carbonyl (C=O) groups excluding carboxylic acids is 1. The van der Waals surface area contributed by atoms with Gasteiger partial charge < -0.3 is 10.6 Å². The Kier molecular flexibility index (Phi) is 5.51. The Bertz CT molecular complexity index is 484. The minimum atomic E-state index is -0.332. The Morgan fingerprint density at radius 3 is 2.95 bits per heavy atom. The standard InChI is InChI=1S/C13H18Br2N4O/c1-2-4-13(5-3-6-16-8-13)12(20)19-11-10(15)18-9(14)7-17-11/h7,16H,2-6,8H2,1H3,(H,17,19,20). The molecule has 2 rings (SSSR count). The Hall–Kier alpha value is -0.530. The van der Waals surface area contributed by atoms with Gasteiger partial charge in [0.15, 0.2) is 5.82 Å². The summed E-state index contributed by atoms with van der Waals surface area (Å²) in [5.74, 6) is 0.503. The number of rotatable bonds is 4. The zero-order valence-electron chi connectivity index (χ0n) is 11.4. The fraction of sp³-hybridized carbons (Fsp3) is 0.615. The van der Waals surface area contributed by atoms with Crippen molar-refractivity contribution in [2.45, 2.75) is 32.6 Å². The number of hydrogen-bond acceptors (Lipinski definition) is 4. The van der Waals surface area contributed by atoms with Crippen LogP contribution in [0, 0.1) is 5.41 Å². The van der Waals surface area contributed by atoms with Crippen LogP contribution >= 0.6 is 31.9 Å². The first-order chi connectivity index (χ1) is 9.57. The van der Waals surface area contributed by atoms with E-state index in [4.69, 9.17) is 0 Å². The molecule has 1 atom stereocenters. The lowest BCUT2D eigenvalue weighted by Crippen LogP contribution is -2.48. The molecule has 1 aliphatic heterocycles. The largest absolute Gasteiger partial charge is 0.316 e. The Morgan fingerprint density at radius 2 is 2.35 bits per heavy atom. The molecule has 2 N–H and O–H groups in total. The number of carbonyl (C=O) groups is 1. The monoisotopic (exact) mass is 404 g/mol. The van der Waals surface area contributed by atoms with E-state index in [0.29, 0.717) is 15.0 Å². The molecule has 0 saturated carbocycles. The molecule has 20 heavy (non-hydrogen) atoms. The highest BCUT2D eigenvalue weighted by molar-refractivity contribution is 9.11. The van der Waals surface area contributed by atoms with Crippen molar-refractivity contribution in [2.75, 3.05) is 18.4 Å². The van der Waals surface area contributed by atoms with E-state index in [9.17, 15) is 4.79 Å². The quantitative estimate of drug-likeness (QED) is 0.807. The zero-order valence-corrected chi connectivity index (χ0v) is 14.6. The van der Waals surface area contributed by atoms with E-state index in [1.165, 1.54) is 0 Å². The molecular weight excluding hydrogens is 388 g/mol. The fourth-order valence-electron chi connectivity index (χ4n) is 2.64. The Morgan fingerprint density at radius 1 is 1.55 bits per heavy atom. The first-order valence-electron chi connectivity index (χ1n) is 6.77. The second-order valence-corrected chi connectivity index (χ2v) is 6.66. The van der Waals surface area contributed by atoms with Gasteiger partial charge in [-0.05, 0) is 57.7 Å². The van der Waals surface area contributed by atoms with E-state index in [-0.39, 0.29) is 11.3 Å². The molecule has 0 aliphatic carbocycles. The number of aromatic nitrogens is 2. The molecule has 0 radical (unpaired) electrons. The summed E-state index contributed by atoms with van der Waals surface area (Å²) >= 11 is 6.57. The lowest BCUT2D eigenvalue weighted by atomic mass is 9.76. The second kappa shape index (κ2) is 6.95. The van der Waals surface area contributed by atoms with Gasteiger partial charge >= 0.3 is 0 Å². The van der Waals surface area contributed by atoms with Crippen LogP contribution in [-0.2, 0) is 4.79 Å². The molecule has 1 unspecified atom stereocenters. The third-order valence-corrected chi connectivity index (χ3v) is 4.55. The van der Waals surface area contributed by atoms with Gasteiger partial charge in [-0.3, -0.25) is 4.79 Å². The molecule has 1 aromatic rings. The number of halogens is 2. The molecule has 1 amide bonds. The van der Waals surface area contributed by atoms with Gasteiger partial charge in [-0.15, -0.1) is 0 Å². The number of anilines is 1. The molecular formula is C13H18Br2N4O. The van der Waals surface area contributed by atoms with Gasteiger partial charge in [-0.25, -0.2) is 9.97 Å². The summed E-state index contributed by atoms with van der Waals surface area (Å²) in [6.07, 6.45) is 5.39. The highest BCUT2D eigenvalue weighted by Gasteiger charge is 2.39. The number of amides is 1. The third-order valence-electron chi connectivity index (χ3n) is 3.61. The Balaban J connectivity index is 2.15. The molecule has 1 fully saturated rings. The minimum Gasteiger partial charge on any atom is -0.316 e. The lowest BCUT2D eigenvalue weighted by molar-refractivity contribution is -0.127. The van der Waals surface area contributed by atoms with Crippen LogP contribution in [0.2, 0.25) is 0 Å². The first kappa shape index (κ1) is 15.9. The van der Waals surface area contributed by atoms with Crippen LogP contribution < -0.4 is 10.6 Å². The van der Waals surface area contributed by atoms with E-state index >= 15 is 0 Å². The maximum absolute atomic E-state index is 12.7. The predicted molar refractivity (Wildman–Crippen MR) is 85.5 cm³/mol. The first-order valence-corrected chi connectivity index (χ1v) is 8.36. The van der Waals surface area contributed by atoms with Crippen LogP contribution in [0.25, 0.3) is 0 Å². The summed E-state index contributed by atoms with van der Waals surface area (Å²) in [4.78, 5) is 21.0. The summed E-state index contributed by atoms with van der Waals surface area (Å²) in [5, 5.41) is 6.25. The van der Waals surface area contributed by atoms with E-state index in [1.807, 2.05) is 0 Å². The van der Waals surface area contributed by atoms with Gasteiger partial charge in [-0.1, -0.05) is 13.3 Å². The van der Waals surface area contributed by atoms with Crippen LogP contribution in [0.15, 0.2) is 15.4 Å². The summed E-state index contributed by atoms with van der Waals surface area (Å²) in [7, 11) is 0. The molecule has 0 aromatic carbocycles. The molecule has 1 aliphatic rings. The second-order valence-electron chi connectivity index (χ2n) is 5.10. The maximum atomic E-state index is 12.7. The molecule has 7 heteroatoms. The van der Waals surface area contributed by atoms with Crippen molar-refractivity contribution in [1.29, 1.82) is 0 Å². The van der Waals surface area contributed by atoms with Crippen molar-refractivity contribution >= 4 is 43.6 Å². The summed E-state index contributed by atoms with van der Waals surface area (Å²) in [5.41, 5.74) is -0.332. The normalized spacial score (nSPS) is 22.6. The van der Waals surface area contributed by atoms with Gasteiger partial charge in [0, 0.05) is 6.54 Å².